The van der Waals surface area contributed by atoms with Crippen molar-refractivity contribution in [3.63, 3.8) is 0 Å². The molecule has 0 radical (unpaired) electrons. The molecule has 0 aromatic carbocycles. The molecule has 1 aliphatic rings. The second-order valence-corrected chi connectivity index (χ2v) is 5.46. The van der Waals surface area contributed by atoms with Crippen molar-refractivity contribution in [1.82, 2.24) is 10.6 Å². The van der Waals surface area contributed by atoms with Crippen molar-refractivity contribution in [3.05, 3.63) is 0 Å². The first-order valence-electron chi connectivity index (χ1n) is 6.92. The standard InChI is InChI=1S/C13H23N3O4/c1-3-9-4-6-13(7-5-9,11(18)19)16-12(20)15-8(2)10(14)17/h8-9H,3-7H2,1-2H3,(H2,14,17)(H,18,19)(H2,15,16,20). The van der Waals surface area contributed by atoms with Crippen LogP contribution in [0.4, 0.5) is 4.79 Å². The maximum absolute atomic E-state index is 11.8. The van der Waals surface area contributed by atoms with Gasteiger partial charge in [-0.2, -0.15) is 0 Å². The molecule has 7 heteroatoms. The molecule has 0 heterocycles. The van der Waals surface area contributed by atoms with Crippen molar-refractivity contribution in [3.8, 4) is 0 Å². The third-order valence-corrected chi connectivity index (χ3v) is 4.07. The number of carboxylic acid groups (broad SMARTS) is 1. The topological polar surface area (TPSA) is 122 Å². The Morgan fingerprint density at radius 2 is 1.90 bits per heavy atom. The summed E-state index contributed by atoms with van der Waals surface area (Å²) < 4.78 is 0. The van der Waals surface area contributed by atoms with Crippen molar-refractivity contribution < 1.29 is 19.5 Å². The number of nitrogens with two attached hydrogens (primary N) is 1. The van der Waals surface area contributed by atoms with E-state index in [1.807, 2.05) is 0 Å². The van der Waals surface area contributed by atoms with E-state index in [1.165, 1.54) is 6.92 Å². The minimum Gasteiger partial charge on any atom is -0.480 e. The monoisotopic (exact) mass is 285 g/mol. The Labute approximate surface area is 118 Å². The summed E-state index contributed by atoms with van der Waals surface area (Å²) in [6, 6.07) is -1.51. The fraction of sp³-hybridized carbons (Fsp3) is 0.769. The largest absolute Gasteiger partial charge is 0.480 e. The van der Waals surface area contributed by atoms with Crippen molar-refractivity contribution in [2.45, 2.75) is 57.5 Å². The van der Waals surface area contributed by atoms with E-state index >= 15 is 0 Å². The van der Waals surface area contributed by atoms with Crippen LogP contribution >= 0.6 is 0 Å². The highest BCUT2D eigenvalue weighted by atomic mass is 16.4. The molecule has 1 aliphatic carbocycles. The van der Waals surface area contributed by atoms with Gasteiger partial charge in [-0.15, -0.1) is 0 Å². The first-order chi connectivity index (χ1) is 9.30. The highest BCUT2D eigenvalue weighted by Gasteiger charge is 2.43. The van der Waals surface area contributed by atoms with Gasteiger partial charge >= 0.3 is 12.0 Å². The molecule has 0 saturated heterocycles. The van der Waals surface area contributed by atoms with Gasteiger partial charge in [-0.3, -0.25) is 4.79 Å². The molecule has 1 atom stereocenters. The van der Waals surface area contributed by atoms with Gasteiger partial charge in [0.05, 0.1) is 0 Å². The van der Waals surface area contributed by atoms with Gasteiger partial charge in [0.2, 0.25) is 5.91 Å². The Morgan fingerprint density at radius 1 is 1.35 bits per heavy atom. The summed E-state index contributed by atoms with van der Waals surface area (Å²) in [6.07, 6.45) is 3.36. The molecule has 3 amide bonds. The van der Waals surface area contributed by atoms with E-state index in [-0.39, 0.29) is 0 Å². The highest BCUT2D eigenvalue weighted by molar-refractivity contribution is 5.89. The first-order valence-corrected chi connectivity index (χ1v) is 6.92. The minimum atomic E-state index is -1.24. The van der Waals surface area contributed by atoms with Crippen molar-refractivity contribution in [2.75, 3.05) is 0 Å². The van der Waals surface area contributed by atoms with Crippen LogP contribution in [0.3, 0.4) is 0 Å². The number of nitrogens with one attached hydrogen (secondary N) is 2. The molecule has 0 aromatic heterocycles. The number of amides is 3. The molecular weight excluding hydrogens is 262 g/mol. The summed E-state index contributed by atoms with van der Waals surface area (Å²) in [7, 11) is 0. The molecule has 0 aromatic rings. The molecule has 1 rings (SSSR count). The molecule has 7 nitrogen and oxygen atoms in total. The fourth-order valence-electron chi connectivity index (χ4n) is 2.49. The minimum absolute atomic E-state index is 0.402. The molecule has 0 bridgehead atoms. The summed E-state index contributed by atoms with van der Waals surface area (Å²) in [4.78, 5) is 34.2. The summed E-state index contributed by atoms with van der Waals surface area (Å²) in [6.45, 7) is 3.52. The van der Waals surface area contributed by atoms with E-state index in [9.17, 15) is 19.5 Å². The lowest BCUT2D eigenvalue weighted by atomic mass is 9.75. The van der Waals surface area contributed by atoms with Crippen LogP contribution in [0.25, 0.3) is 0 Å². The normalized spacial score (nSPS) is 27.4. The maximum Gasteiger partial charge on any atom is 0.329 e. The molecule has 5 N–H and O–H groups in total. The summed E-state index contributed by atoms with van der Waals surface area (Å²) in [5.74, 6) is -1.19. The molecule has 0 aliphatic heterocycles. The number of urea groups is 1. The predicted molar refractivity (Wildman–Crippen MR) is 72.9 cm³/mol. The maximum atomic E-state index is 11.8. The predicted octanol–water partition coefficient (Wildman–Crippen LogP) is 0.583. The number of hydrogen-bond acceptors (Lipinski definition) is 3. The van der Waals surface area contributed by atoms with E-state index < -0.39 is 29.5 Å². The van der Waals surface area contributed by atoms with Gasteiger partial charge < -0.3 is 21.5 Å². The summed E-state index contributed by atoms with van der Waals surface area (Å²) in [5.41, 5.74) is 3.81. The van der Waals surface area contributed by atoms with Crippen molar-refractivity contribution in [1.29, 1.82) is 0 Å². The van der Waals surface area contributed by atoms with Crippen LogP contribution in [0.15, 0.2) is 0 Å². The zero-order valence-corrected chi connectivity index (χ0v) is 11.9. The highest BCUT2D eigenvalue weighted by Crippen LogP contribution is 2.33. The SMILES string of the molecule is CCC1CCC(NC(=O)NC(C)C(N)=O)(C(=O)O)CC1. The van der Waals surface area contributed by atoms with Crippen LogP contribution < -0.4 is 16.4 Å². The number of rotatable bonds is 5. The molecule has 1 saturated carbocycles. The summed E-state index contributed by atoms with van der Waals surface area (Å²) >= 11 is 0. The van der Waals surface area contributed by atoms with Gasteiger partial charge in [0.15, 0.2) is 0 Å². The van der Waals surface area contributed by atoms with E-state index in [2.05, 4.69) is 17.6 Å². The Balaban J connectivity index is 2.66. The zero-order valence-electron chi connectivity index (χ0n) is 11.9. The van der Waals surface area contributed by atoms with E-state index in [1.54, 1.807) is 0 Å². The van der Waals surface area contributed by atoms with Crippen LogP contribution in [-0.2, 0) is 9.59 Å². The Morgan fingerprint density at radius 3 is 2.30 bits per heavy atom. The zero-order chi connectivity index (χ0) is 15.3. The Bertz CT molecular complexity index is 389. The quantitative estimate of drug-likeness (QED) is 0.590. The van der Waals surface area contributed by atoms with Crippen LogP contribution in [-0.4, -0.2) is 34.6 Å². The van der Waals surface area contributed by atoms with Gasteiger partial charge in [0, 0.05) is 0 Å². The number of aliphatic carboxylic acids is 1. The van der Waals surface area contributed by atoms with Gasteiger partial charge in [-0.25, -0.2) is 9.59 Å². The van der Waals surface area contributed by atoms with Crippen LogP contribution in [0.1, 0.15) is 46.0 Å². The fourth-order valence-corrected chi connectivity index (χ4v) is 2.49. The Kier molecular flexibility index (Phi) is 5.35. The molecule has 1 fully saturated rings. The van der Waals surface area contributed by atoms with Crippen LogP contribution in [0, 0.1) is 5.92 Å². The van der Waals surface area contributed by atoms with Gasteiger partial charge in [-0.1, -0.05) is 13.3 Å². The van der Waals surface area contributed by atoms with E-state index in [4.69, 9.17) is 5.73 Å². The number of carbonyl (C=O) groups is 3. The lowest BCUT2D eigenvalue weighted by Crippen LogP contribution is -2.60. The Hall–Kier alpha value is -1.79. The van der Waals surface area contributed by atoms with E-state index in [0.717, 1.165) is 19.3 Å². The second-order valence-electron chi connectivity index (χ2n) is 5.46. The molecule has 114 valence electrons. The van der Waals surface area contributed by atoms with E-state index in [0.29, 0.717) is 18.8 Å². The lowest BCUT2D eigenvalue weighted by Gasteiger charge is -2.37. The smallest absolute Gasteiger partial charge is 0.329 e. The van der Waals surface area contributed by atoms with Crippen LogP contribution in [0.2, 0.25) is 0 Å². The average molecular weight is 285 g/mol. The molecule has 20 heavy (non-hydrogen) atoms. The van der Waals surface area contributed by atoms with Crippen LogP contribution in [0.5, 0.6) is 0 Å². The number of carbonyl (C=O) groups excluding carboxylic acids is 2. The summed E-state index contributed by atoms with van der Waals surface area (Å²) in [5, 5.41) is 14.3. The number of primary amides is 1. The molecule has 0 spiro atoms. The number of hydrogen-bond donors (Lipinski definition) is 4. The van der Waals surface area contributed by atoms with Crippen molar-refractivity contribution >= 4 is 17.9 Å². The second kappa shape index (κ2) is 6.58. The third kappa shape index (κ3) is 3.85. The van der Waals surface area contributed by atoms with Crippen molar-refractivity contribution in [2.24, 2.45) is 11.7 Å². The van der Waals surface area contributed by atoms with Gasteiger partial charge in [0.1, 0.15) is 11.6 Å². The number of carboxylic acids is 1. The molecular formula is C13H23N3O4. The average Bonchev–Trinajstić information content (AvgIpc) is 2.38. The third-order valence-electron chi connectivity index (χ3n) is 4.07. The lowest BCUT2D eigenvalue weighted by molar-refractivity contribution is -0.146. The van der Waals surface area contributed by atoms with Gasteiger partial charge in [-0.05, 0) is 38.5 Å². The van der Waals surface area contributed by atoms with Gasteiger partial charge in [0.25, 0.3) is 0 Å². The molecule has 1 unspecified atom stereocenters. The first kappa shape index (κ1) is 16.3.